The third-order valence-corrected chi connectivity index (χ3v) is 5.25. The van der Waals surface area contributed by atoms with Crippen molar-refractivity contribution in [3.8, 4) is 5.75 Å². The van der Waals surface area contributed by atoms with Crippen LogP contribution in [0, 0.1) is 18.6 Å². The second-order valence-corrected chi connectivity index (χ2v) is 7.30. The molecule has 0 saturated heterocycles. The number of halogens is 3. The van der Waals surface area contributed by atoms with E-state index in [-0.39, 0.29) is 32.7 Å². The van der Waals surface area contributed by atoms with Crippen LogP contribution < -0.4 is 5.32 Å². The van der Waals surface area contributed by atoms with E-state index in [2.05, 4.69) is 5.32 Å². The zero-order valence-electron chi connectivity index (χ0n) is 16.4. The molecular weight excluding hydrogens is 434 g/mol. The summed E-state index contributed by atoms with van der Waals surface area (Å²) in [6, 6.07) is 5.81. The number of aliphatic carboxylic acids is 1. The van der Waals surface area contributed by atoms with Crippen molar-refractivity contribution in [3.63, 3.8) is 0 Å². The highest BCUT2D eigenvalue weighted by Gasteiger charge is 2.29. The van der Waals surface area contributed by atoms with Gasteiger partial charge in [-0.25, -0.2) is 8.78 Å². The van der Waals surface area contributed by atoms with Crippen LogP contribution in [0.3, 0.4) is 0 Å². The maximum atomic E-state index is 14.9. The maximum absolute atomic E-state index is 14.9. The summed E-state index contributed by atoms with van der Waals surface area (Å²) in [4.78, 5) is 36.4. The van der Waals surface area contributed by atoms with E-state index in [1.807, 2.05) is 0 Å². The normalized spacial score (nSPS) is 12.0. The molecule has 3 N–H and O–H groups in total. The van der Waals surface area contributed by atoms with Gasteiger partial charge in [-0.15, -0.1) is 0 Å². The van der Waals surface area contributed by atoms with Crippen molar-refractivity contribution in [3.05, 3.63) is 63.8 Å². The van der Waals surface area contributed by atoms with Crippen molar-refractivity contribution in [2.45, 2.75) is 19.8 Å². The van der Waals surface area contributed by atoms with Gasteiger partial charge in [0.25, 0.3) is 5.91 Å². The average molecular weight is 451 g/mol. The molecule has 0 aliphatic heterocycles. The predicted molar refractivity (Wildman–Crippen MR) is 108 cm³/mol. The number of phenols is 1. The zero-order chi connectivity index (χ0) is 23.0. The Bertz CT molecular complexity index is 1240. The molecule has 162 valence electrons. The highest BCUT2D eigenvalue weighted by molar-refractivity contribution is 6.30. The van der Waals surface area contributed by atoms with E-state index < -0.39 is 47.6 Å². The van der Waals surface area contributed by atoms with Crippen molar-refractivity contribution >= 4 is 40.3 Å². The lowest BCUT2D eigenvalue weighted by Crippen LogP contribution is -2.32. The zero-order valence-corrected chi connectivity index (χ0v) is 17.1. The van der Waals surface area contributed by atoms with E-state index in [1.54, 1.807) is 0 Å². The summed E-state index contributed by atoms with van der Waals surface area (Å²) in [5.41, 5.74) is 0.262. The number of carboxylic acid groups (broad SMARTS) is 1. The number of aromatic nitrogens is 1. The third-order valence-electron chi connectivity index (χ3n) is 4.94. The minimum atomic E-state index is -1.26. The van der Waals surface area contributed by atoms with Crippen LogP contribution in [0.4, 0.5) is 8.78 Å². The number of carboxylic acids is 1. The van der Waals surface area contributed by atoms with Gasteiger partial charge in [-0.2, -0.15) is 0 Å². The molecule has 0 bridgehead atoms. The van der Waals surface area contributed by atoms with Gasteiger partial charge in [0.1, 0.15) is 12.4 Å². The van der Waals surface area contributed by atoms with Crippen LogP contribution in [0.15, 0.2) is 30.3 Å². The first-order chi connectivity index (χ1) is 14.5. The van der Waals surface area contributed by atoms with Gasteiger partial charge in [0.2, 0.25) is 5.91 Å². The van der Waals surface area contributed by atoms with Crippen molar-refractivity contribution in [2.75, 3.05) is 6.54 Å². The van der Waals surface area contributed by atoms with Gasteiger partial charge in [-0.05, 0) is 49.7 Å². The largest absolute Gasteiger partial charge is 0.505 e. The fraction of sp³-hybridized carbons (Fsp3) is 0.190. The van der Waals surface area contributed by atoms with E-state index >= 15 is 0 Å². The van der Waals surface area contributed by atoms with Crippen LogP contribution in [0.25, 0.3) is 10.9 Å². The molecule has 3 rings (SSSR count). The van der Waals surface area contributed by atoms with E-state index in [9.17, 15) is 28.3 Å². The summed E-state index contributed by atoms with van der Waals surface area (Å²) in [6.07, 6.45) is 0. The standard InChI is InChI=1S/C21H17ClF2N2O5/c1-9(20(30)25-8-16(28)29)17-10(2)26(14-5-6-15(27)19(24)18(14)17)21(31)11-3-4-12(22)13(23)7-11/h3-7,9,27H,8H2,1-2H3,(H,25,30)(H,28,29). The SMILES string of the molecule is Cc1c(C(C)C(=O)NCC(=O)O)c2c(F)c(O)ccc2n1C(=O)c1ccc(Cl)c(F)c1. The molecule has 0 aliphatic carbocycles. The number of phenolic OH excluding ortho intramolecular Hbond substituents is 1. The average Bonchev–Trinajstić information content (AvgIpc) is 3.02. The summed E-state index contributed by atoms with van der Waals surface area (Å²) in [6.45, 7) is 2.24. The molecule has 1 unspecified atom stereocenters. The number of amides is 1. The number of aromatic hydroxyl groups is 1. The first-order valence-corrected chi connectivity index (χ1v) is 9.44. The fourth-order valence-electron chi connectivity index (χ4n) is 3.48. The van der Waals surface area contributed by atoms with Crippen LogP contribution in [0.2, 0.25) is 5.02 Å². The molecule has 1 heterocycles. The van der Waals surface area contributed by atoms with E-state index in [0.717, 1.165) is 16.7 Å². The number of hydrogen-bond donors (Lipinski definition) is 3. The van der Waals surface area contributed by atoms with Crippen LogP contribution in [-0.4, -0.2) is 39.1 Å². The number of nitrogens with zero attached hydrogens (tertiary/aromatic N) is 1. The van der Waals surface area contributed by atoms with E-state index in [1.165, 1.54) is 32.0 Å². The third kappa shape index (κ3) is 3.96. The number of carbonyl (C=O) groups excluding carboxylic acids is 2. The van der Waals surface area contributed by atoms with Crippen molar-refractivity contribution in [1.29, 1.82) is 0 Å². The van der Waals surface area contributed by atoms with Gasteiger partial charge in [0.15, 0.2) is 11.6 Å². The molecule has 0 spiro atoms. The molecule has 0 aliphatic rings. The predicted octanol–water partition coefficient (Wildman–Crippen LogP) is 3.58. The molecule has 1 amide bonds. The second-order valence-electron chi connectivity index (χ2n) is 6.89. The summed E-state index contributed by atoms with van der Waals surface area (Å²) in [5.74, 6) is -6.27. The van der Waals surface area contributed by atoms with Gasteiger partial charge in [-0.3, -0.25) is 19.0 Å². The van der Waals surface area contributed by atoms with Crippen molar-refractivity contribution in [1.82, 2.24) is 9.88 Å². The van der Waals surface area contributed by atoms with E-state index in [4.69, 9.17) is 16.7 Å². The number of carbonyl (C=O) groups is 3. The maximum Gasteiger partial charge on any atom is 0.322 e. The van der Waals surface area contributed by atoms with Crippen molar-refractivity contribution < 1.29 is 33.4 Å². The second kappa shape index (κ2) is 8.35. The fourth-order valence-corrected chi connectivity index (χ4v) is 3.59. The first-order valence-electron chi connectivity index (χ1n) is 9.06. The molecule has 10 heteroatoms. The number of hydrogen-bond acceptors (Lipinski definition) is 4. The molecule has 7 nitrogen and oxygen atoms in total. The first kappa shape index (κ1) is 22.2. The van der Waals surface area contributed by atoms with Crippen LogP contribution >= 0.6 is 11.6 Å². The summed E-state index contributed by atoms with van der Waals surface area (Å²) in [5, 5.41) is 20.5. The van der Waals surface area contributed by atoms with Crippen LogP contribution in [0.1, 0.15) is 34.5 Å². The van der Waals surface area contributed by atoms with Crippen molar-refractivity contribution in [2.24, 2.45) is 0 Å². The number of fused-ring (bicyclic) bond motifs is 1. The van der Waals surface area contributed by atoms with Crippen LogP contribution in [0.5, 0.6) is 5.75 Å². The Labute approximate surface area is 179 Å². The lowest BCUT2D eigenvalue weighted by atomic mass is 9.96. The van der Waals surface area contributed by atoms with Gasteiger partial charge in [-0.1, -0.05) is 11.6 Å². The molecule has 2 aromatic carbocycles. The lowest BCUT2D eigenvalue weighted by Gasteiger charge is -2.13. The highest BCUT2D eigenvalue weighted by atomic mass is 35.5. The Morgan fingerprint density at radius 3 is 2.48 bits per heavy atom. The topological polar surface area (TPSA) is 109 Å². The molecule has 0 saturated carbocycles. The van der Waals surface area contributed by atoms with Gasteiger partial charge >= 0.3 is 5.97 Å². The summed E-state index contributed by atoms with van der Waals surface area (Å²) < 4.78 is 29.9. The molecule has 0 fully saturated rings. The molecule has 1 atom stereocenters. The molecule has 0 radical (unpaired) electrons. The number of benzene rings is 2. The van der Waals surface area contributed by atoms with Gasteiger partial charge in [0.05, 0.1) is 16.5 Å². The van der Waals surface area contributed by atoms with Gasteiger partial charge in [0, 0.05) is 16.6 Å². The quantitative estimate of drug-likeness (QED) is 0.550. The van der Waals surface area contributed by atoms with Gasteiger partial charge < -0.3 is 15.5 Å². The Morgan fingerprint density at radius 2 is 1.87 bits per heavy atom. The molecule has 31 heavy (non-hydrogen) atoms. The molecule has 3 aromatic rings. The van der Waals surface area contributed by atoms with Crippen LogP contribution in [-0.2, 0) is 9.59 Å². The Morgan fingerprint density at radius 1 is 1.19 bits per heavy atom. The molecular formula is C21H17ClF2N2O5. The Hall–Kier alpha value is -3.46. The summed E-state index contributed by atoms with van der Waals surface area (Å²) in [7, 11) is 0. The highest BCUT2D eigenvalue weighted by Crippen LogP contribution is 2.37. The summed E-state index contributed by atoms with van der Waals surface area (Å²) >= 11 is 5.67. The number of rotatable bonds is 5. The number of nitrogens with one attached hydrogen (secondary N) is 1. The monoisotopic (exact) mass is 450 g/mol. The lowest BCUT2D eigenvalue weighted by molar-refractivity contribution is -0.138. The van der Waals surface area contributed by atoms with E-state index in [0.29, 0.717) is 0 Å². The molecule has 1 aromatic heterocycles. The minimum Gasteiger partial charge on any atom is -0.505 e. The Kier molecular flexibility index (Phi) is 5.99. The Balaban J connectivity index is 2.22. The smallest absolute Gasteiger partial charge is 0.322 e. The minimum absolute atomic E-state index is 0.0565.